The molecule has 0 fully saturated rings. The molecule has 7 heteroatoms. The highest BCUT2D eigenvalue weighted by Crippen LogP contribution is 2.07. The molecule has 0 spiro atoms. The van der Waals surface area contributed by atoms with E-state index in [0.29, 0.717) is 5.69 Å². The predicted octanol–water partition coefficient (Wildman–Crippen LogP) is 0.833. The molecule has 0 saturated heterocycles. The van der Waals surface area contributed by atoms with Gasteiger partial charge < -0.3 is 10.4 Å². The van der Waals surface area contributed by atoms with Crippen LogP contribution in [0.25, 0.3) is 0 Å². The molecule has 0 bridgehead atoms. The zero-order valence-electron chi connectivity index (χ0n) is 10.4. The number of rotatable bonds is 5. The van der Waals surface area contributed by atoms with Crippen LogP contribution in [-0.2, 0) is 9.59 Å². The number of carboxylic acids is 1. The number of hydrogen-bond acceptors (Lipinski definition) is 4. The summed E-state index contributed by atoms with van der Waals surface area (Å²) in [7, 11) is 0. The zero-order valence-corrected chi connectivity index (χ0v) is 10.4. The summed E-state index contributed by atoms with van der Waals surface area (Å²) in [6.45, 7) is 1.73. The average Bonchev–Trinajstić information content (AvgIpc) is 2.37. The van der Waals surface area contributed by atoms with Crippen LogP contribution in [0.1, 0.15) is 31.5 Å². The number of carbonyl (C=O) groups excluding carboxylic acids is 2. The molecule has 0 saturated carbocycles. The minimum Gasteiger partial charge on any atom is -0.481 e. The number of imide groups is 1. The van der Waals surface area contributed by atoms with Gasteiger partial charge in [-0.05, 0) is 19.1 Å². The second-order valence-electron chi connectivity index (χ2n) is 3.89. The van der Waals surface area contributed by atoms with Gasteiger partial charge in [0.1, 0.15) is 0 Å². The number of carbonyl (C=O) groups is 3. The highest BCUT2D eigenvalue weighted by molar-refractivity contribution is 5.95. The second-order valence-corrected chi connectivity index (χ2v) is 3.89. The molecule has 0 aliphatic rings. The van der Waals surface area contributed by atoms with E-state index < -0.39 is 17.9 Å². The van der Waals surface area contributed by atoms with Crippen molar-refractivity contribution in [3.8, 4) is 0 Å². The van der Waals surface area contributed by atoms with E-state index in [1.165, 1.54) is 0 Å². The summed E-state index contributed by atoms with van der Waals surface area (Å²) in [6, 6.07) is 4.27. The molecule has 0 radical (unpaired) electrons. The monoisotopic (exact) mass is 265 g/mol. The second kappa shape index (κ2) is 7.10. The Hall–Kier alpha value is -2.44. The lowest BCUT2D eigenvalue weighted by atomic mass is 10.2. The van der Waals surface area contributed by atoms with Gasteiger partial charge in [0.25, 0.3) is 0 Å². The Balaban J connectivity index is 2.39. The summed E-state index contributed by atoms with van der Waals surface area (Å²) in [4.78, 5) is 37.0. The first-order valence-corrected chi connectivity index (χ1v) is 5.72. The van der Waals surface area contributed by atoms with E-state index in [1.54, 1.807) is 31.3 Å². The van der Waals surface area contributed by atoms with Crippen molar-refractivity contribution in [2.24, 2.45) is 0 Å². The standard InChI is InChI=1S/C12H15N3O4/c1-8(9-4-2-3-7-13-9)14-12(19)15-10(16)5-6-11(17)18/h2-4,7-8H,5-6H2,1H3,(H,17,18)(H2,14,15,16,19). The molecule has 3 amide bonds. The van der Waals surface area contributed by atoms with E-state index in [-0.39, 0.29) is 18.9 Å². The van der Waals surface area contributed by atoms with Gasteiger partial charge in [0.05, 0.1) is 18.2 Å². The van der Waals surface area contributed by atoms with Crippen LogP contribution in [0.4, 0.5) is 4.79 Å². The van der Waals surface area contributed by atoms with E-state index in [1.807, 2.05) is 0 Å². The Kier molecular flexibility index (Phi) is 5.46. The molecular formula is C12H15N3O4. The third kappa shape index (κ3) is 5.62. The number of pyridine rings is 1. The number of aromatic nitrogens is 1. The molecule has 1 aromatic rings. The largest absolute Gasteiger partial charge is 0.481 e. The van der Waals surface area contributed by atoms with Crippen LogP contribution >= 0.6 is 0 Å². The fraction of sp³-hybridized carbons (Fsp3) is 0.333. The number of hydrogen-bond donors (Lipinski definition) is 3. The molecule has 1 rings (SSSR count). The average molecular weight is 265 g/mol. The number of urea groups is 1. The maximum absolute atomic E-state index is 11.5. The third-order valence-corrected chi connectivity index (χ3v) is 2.30. The van der Waals surface area contributed by atoms with Crippen LogP contribution in [0.2, 0.25) is 0 Å². The Labute approximate surface area is 110 Å². The topological polar surface area (TPSA) is 108 Å². The highest BCUT2D eigenvalue weighted by atomic mass is 16.4. The van der Waals surface area contributed by atoms with Crippen LogP contribution in [0.15, 0.2) is 24.4 Å². The number of nitrogens with one attached hydrogen (secondary N) is 2. The van der Waals surface area contributed by atoms with Gasteiger partial charge in [0.15, 0.2) is 0 Å². The first kappa shape index (κ1) is 14.6. The molecule has 1 unspecified atom stereocenters. The van der Waals surface area contributed by atoms with Gasteiger partial charge in [-0.2, -0.15) is 0 Å². The van der Waals surface area contributed by atoms with Crippen molar-refractivity contribution in [2.75, 3.05) is 0 Å². The SMILES string of the molecule is CC(NC(=O)NC(=O)CCC(=O)O)c1ccccn1. The van der Waals surface area contributed by atoms with Gasteiger partial charge in [-0.15, -0.1) is 0 Å². The molecule has 0 aromatic carbocycles. The van der Waals surface area contributed by atoms with Crippen LogP contribution in [-0.4, -0.2) is 28.0 Å². The maximum Gasteiger partial charge on any atom is 0.321 e. The normalized spacial score (nSPS) is 11.4. The van der Waals surface area contributed by atoms with Crippen molar-refractivity contribution in [3.05, 3.63) is 30.1 Å². The van der Waals surface area contributed by atoms with Gasteiger partial charge in [0.2, 0.25) is 5.91 Å². The lowest BCUT2D eigenvalue weighted by molar-refractivity contribution is -0.138. The van der Waals surface area contributed by atoms with Crippen molar-refractivity contribution in [1.29, 1.82) is 0 Å². The summed E-state index contributed by atoms with van der Waals surface area (Å²) >= 11 is 0. The lowest BCUT2D eigenvalue weighted by Gasteiger charge is -2.13. The smallest absolute Gasteiger partial charge is 0.321 e. The summed E-state index contributed by atoms with van der Waals surface area (Å²) in [5.74, 6) is -1.72. The van der Waals surface area contributed by atoms with E-state index in [9.17, 15) is 14.4 Å². The van der Waals surface area contributed by atoms with Crippen molar-refractivity contribution >= 4 is 17.9 Å². The summed E-state index contributed by atoms with van der Waals surface area (Å²) in [6.07, 6.45) is 1.05. The number of aliphatic carboxylic acids is 1. The fourth-order valence-corrected chi connectivity index (χ4v) is 1.35. The van der Waals surface area contributed by atoms with E-state index in [0.717, 1.165) is 0 Å². The minimum atomic E-state index is -1.09. The molecule has 0 aliphatic heterocycles. The first-order chi connectivity index (χ1) is 8.99. The molecule has 1 heterocycles. The molecule has 7 nitrogen and oxygen atoms in total. The van der Waals surface area contributed by atoms with E-state index in [2.05, 4.69) is 15.6 Å². The Morgan fingerprint density at radius 2 is 2.05 bits per heavy atom. The predicted molar refractivity (Wildman–Crippen MR) is 66.2 cm³/mol. The van der Waals surface area contributed by atoms with Crippen LogP contribution in [0, 0.1) is 0 Å². The van der Waals surface area contributed by atoms with E-state index in [4.69, 9.17) is 5.11 Å². The third-order valence-electron chi connectivity index (χ3n) is 2.30. The summed E-state index contributed by atoms with van der Waals surface area (Å²) in [5.41, 5.74) is 0.663. The highest BCUT2D eigenvalue weighted by Gasteiger charge is 2.13. The first-order valence-electron chi connectivity index (χ1n) is 5.72. The molecule has 3 N–H and O–H groups in total. The molecule has 0 aliphatic carbocycles. The quantitative estimate of drug-likeness (QED) is 0.730. The Morgan fingerprint density at radius 1 is 1.32 bits per heavy atom. The van der Waals surface area contributed by atoms with Gasteiger partial charge in [0, 0.05) is 12.6 Å². The maximum atomic E-state index is 11.5. The van der Waals surface area contributed by atoms with Crippen molar-refractivity contribution in [2.45, 2.75) is 25.8 Å². The zero-order chi connectivity index (χ0) is 14.3. The molecule has 1 aromatic heterocycles. The molecule has 19 heavy (non-hydrogen) atoms. The molecular weight excluding hydrogens is 250 g/mol. The van der Waals surface area contributed by atoms with Crippen molar-refractivity contribution in [3.63, 3.8) is 0 Å². The number of amides is 3. The van der Waals surface area contributed by atoms with Gasteiger partial charge >= 0.3 is 12.0 Å². The van der Waals surface area contributed by atoms with Crippen LogP contribution < -0.4 is 10.6 Å². The minimum absolute atomic E-state index is 0.235. The molecule has 1 atom stereocenters. The van der Waals surface area contributed by atoms with Crippen molar-refractivity contribution in [1.82, 2.24) is 15.6 Å². The fourth-order valence-electron chi connectivity index (χ4n) is 1.35. The van der Waals surface area contributed by atoms with E-state index >= 15 is 0 Å². The van der Waals surface area contributed by atoms with Gasteiger partial charge in [-0.25, -0.2) is 4.79 Å². The number of nitrogens with zero attached hydrogens (tertiary/aromatic N) is 1. The number of carboxylic acid groups (broad SMARTS) is 1. The summed E-state index contributed by atoms with van der Waals surface area (Å²) in [5, 5.41) is 13.0. The molecule has 102 valence electrons. The van der Waals surface area contributed by atoms with Crippen LogP contribution in [0.3, 0.4) is 0 Å². The van der Waals surface area contributed by atoms with Gasteiger partial charge in [-0.3, -0.25) is 19.9 Å². The van der Waals surface area contributed by atoms with Crippen molar-refractivity contribution < 1.29 is 19.5 Å². The van der Waals surface area contributed by atoms with Crippen LogP contribution in [0.5, 0.6) is 0 Å². The van der Waals surface area contributed by atoms with Gasteiger partial charge in [-0.1, -0.05) is 6.07 Å². The Bertz CT molecular complexity index is 461. The lowest BCUT2D eigenvalue weighted by Crippen LogP contribution is -2.40. The summed E-state index contributed by atoms with van der Waals surface area (Å²) < 4.78 is 0. The Morgan fingerprint density at radius 3 is 2.63 bits per heavy atom.